The molecule has 0 amide bonds. The molecule has 1 aromatic carbocycles. The molecule has 0 fully saturated rings. The van der Waals surface area contributed by atoms with Crippen molar-refractivity contribution in [2.75, 3.05) is 7.11 Å². The van der Waals surface area contributed by atoms with Gasteiger partial charge in [-0.15, -0.1) is 0 Å². The van der Waals surface area contributed by atoms with Crippen molar-refractivity contribution >= 4 is 11.9 Å². The second-order valence-corrected chi connectivity index (χ2v) is 4.12. The van der Waals surface area contributed by atoms with Crippen LogP contribution in [0.4, 0.5) is 30.7 Å². The van der Waals surface area contributed by atoms with E-state index >= 15 is 0 Å². The van der Waals surface area contributed by atoms with Crippen molar-refractivity contribution in [1.82, 2.24) is 0 Å². The van der Waals surface area contributed by atoms with E-state index in [1.165, 1.54) is 31.4 Å². The van der Waals surface area contributed by atoms with Crippen LogP contribution >= 0.6 is 0 Å². The molecule has 2 nitrogen and oxygen atoms in total. The van der Waals surface area contributed by atoms with Crippen LogP contribution in [0.2, 0.25) is 0 Å². The number of rotatable bonds is 5. The van der Waals surface area contributed by atoms with E-state index in [0.717, 1.165) is 0 Å². The Labute approximate surface area is 120 Å². The summed E-state index contributed by atoms with van der Waals surface area (Å²) >= 11 is 0. The monoisotopic (exact) mass is 330 g/mol. The van der Waals surface area contributed by atoms with Gasteiger partial charge in [0.05, 0.1) is 7.11 Å². The number of hydrogen-bond acceptors (Lipinski definition) is 2. The van der Waals surface area contributed by atoms with Crippen molar-refractivity contribution in [3.8, 4) is 5.75 Å². The molecule has 1 rings (SSSR count). The van der Waals surface area contributed by atoms with Gasteiger partial charge in [-0.3, -0.25) is 4.79 Å². The third-order valence-electron chi connectivity index (χ3n) is 2.60. The molecule has 0 atom stereocenters. The Bertz CT molecular complexity index is 559. The molecule has 0 unspecified atom stereocenters. The fourth-order valence-corrected chi connectivity index (χ4v) is 1.32. The summed E-state index contributed by atoms with van der Waals surface area (Å²) in [6.45, 7) is 0. The first kappa shape index (κ1) is 18.0. The quantitative estimate of drug-likeness (QED) is 0.600. The molecule has 9 heteroatoms. The fourth-order valence-electron chi connectivity index (χ4n) is 1.32. The lowest BCUT2D eigenvalue weighted by Crippen LogP contribution is -2.55. The first-order valence-corrected chi connectivity index (χ1v) is 5.62. The van der Waals surface area contributed by atoms with Gasteiger partial charge in [-0.2, -0.15) is 30.7 Å². The van der Waals surface area contributed by atoms with Gasteiger partial charge in [-0.05, 0) is 23.8 Å². The van der Waals surface area contributed by atoms with Crippen LogP contribution in [0.15, 0.2) is 30.3 Å². The van der Waals surface area contributed by atoms with Crippen LogP contribution in [0.1, 0.15) is 5.56 Å². The van der Waals surface area contributed by atoms with E-state index in [-0.39, 0.29) is 11.6 Å². The van der Waals surface area contributed by atoms with E-state index in [2.05, 4.69) is 0 Å². The highest BCUT2D eigenvalue weighted by Crippen LogP contribution is 2.47. The lowest BCUT2D eigenvalue weighted by Gasteiger charge is -2.26. The number of carbonyl (C=O) groups excluding carboxylic acids is 1. The van der Waals surface area contributed by atoms with E-state index < -0.39 is 23.8 Å². The molecule has 0 N–H and O–H groups in total. The van der Waals surface area contributed by atoms with E-state index in [9.17, 15) is 35.5 Å². The molecular weight excluding hydrogens is 321 g/mol. The maximum atomic E-state index is 13.0. The van der Waals surface area contributed by atoms with E-state index in [1.54, 1.807) is 0 Å². The average molecular weight is 330 g/mol. The molecular formula is C13H9F7O2. The number of alkyl halides is 7. The zero-order valence-electron chi connectivity index (χ0n) is 10.9. The first-order valence-electron chi connectivity index (χ1n) is 5.62. The number of methoxy groups -OCH3 is 1. The standard InChI is InChI=1S/C13H9F7O2/c1-22-9-5-2-8(3-6-9)4-7-10(21)11(14,15)12(16,17)13(18,19)20/h2-7H,1H3/b7-4+. The van der Waals surface area contributed by atoms with Gasteiger partial charge in [0.1, 0.15) is 5.75 Å². The summed E-state index contributed by atoms with van der Waals surface area (Å²) in [6.07, 6.45) is -5.87. The minimum atomic E-state index is -6.54. The van der Waals surface area contributed by atoms with Gasteiger partial charge in [0.15, 0.2) is 0 Å². The largest absolute Gasteiger partial charge is 0.497 e. The van der Waals surface area contributed by atoms with Crippen LogP contribution in [-0.2, 0) is 4.79 Å². The van der Waals surface area contributed by atoms with Crippen molar-refractivity contribution in [2.24, 2.45) is 0 Å². The Hall–Kier alpha value is -2.06. The minimum absolute atomic E-state index is 0.0263. The Balaban J connectivity index is 2.97. The number of allylic oxidation sites excluding steroid dienone is 1. The Morgan fingerprint density at radius 2 is 1.50 bits per heavy atom. The molecule has 122 valence electrons. The number of benzene rings is 1. The van der Waals surface area contributed by atoms with Crippen molar-refractivity contribution < 1.29 is 40.3 Å². The summed E-state index contributed by atoms with van der Waals surface area (Å²) in [6, 6.07) is 5.35. The molecule has 1 aromatic rings. The molecule has 0 saturated carbocycles. The predicted octanol–water partition coefficient (Wildman–Crippen LogP) is 4.11. The van der Waals surface area contributed by atoms with Gasteiger partial charge in [-0.1, -0.05) is 18.2 Å². The molecule has 0 spiro atoms. The van der Waals surface area contributed by atoms with E-state index in [0.29, 0.717) is 11.8 Å². The lowest BCUT2D eigenvalue weighted by molar-refractivity contribution is -0.342. The predicted molar refractivity (Wildman–Crippen MR) is 63.0 cm³/mol. The zero-order valence-corrected chi connectivity index (χ0v) is 10.9. The van der Waals surface area contributed by atoms with Crippen LogP contribution in [-0.4, -0.2) is 30.9 Å². The Kier molecular flexibility index (Phi) is 4.89. The SMILES string of the molecule is COc1ccc(/C=C/C(=O)C(F)(F)C(F)(F)C(F)(F)F)cc1. The first-order chi connectivity index (χ1) is 9.93. The average Bonchev–Trinajstić information content (AvgIpc) is 2.43. The molecule has 0 aliphatic rings. The van der Waals surface area contributed by atoms with Crippen molar-refractivity contribution in [3.05, 3.63) is 35.9 Å². The summed E-state index contributed by atoms with van der Waals surface area (Å²) in [5, 5.41) is 0. The Morgan fingerprint density at radius 1 is 1.00 bits per heavy atom. The van der Waals surface area contributed by atoms with Crippen molar-refractivity contribution in [2.45, 2.75) is 18.0 Å². The normalized spacial score (nSPS) is 13.5. The summed E-state index contributed by atoms with van der Waals surface area (Å²) in [5.41, 5.74) is 0.139. The molecule has 22 heavy (non-hydrogen) atoms. The highest BCUT2D eigenvalue weighted by molar-refractivity contribution is 5.99. The number of ether oxygens (including phenoxy) is 1. The zero-order chi connectivity index (χ0) is 17.2. The van der Waals surface area contributed by atoms with Gasteiger partial charge in [0, 0.05) is 0 Å². The van der Waals surface area contributed by atoms with Crippen LogP contribution in [0, 0.1) is 0 Å². The number of ketones is 1. The molecule has 0 bridgehead atoms. The summed E-state index contributed by atoms with van der Waals surface area (Å²) < 4.78 is 91.9. The molecule has 0 aliphatic heterocycles. The van der Waals surface area contributed by atoms with Crippen LogP contribution < -0.4 is 4.74 Å². The van der Waals surface area contributed by atoms with Gasteiger partial charge in [0.25, 0.3) is 0 Å². The molecule has 0 radical (unpaired) electrons. The van der Waals surface area contributed by atoms with Gasteiger partial charge in [0.2, 0.25) is 5.78 Å². The summed E-state index contributed by atoms with van der Waals surface area (Å²) in [5.74, 6) is -14.6. The third kappa shape index (κ3) is 3.40. The number of carbonyl (C=O) groups is 1. The van der Waals surface area contributed by atoms with Gasteiger partial charge >= 0.3 is 18.0 Å². The lowest BCUT2D eigenvalue weighted by atomic mass is 10.1. The number of halogens is 7. The van der Waals surface area contributed by atoms with E-state index in [4.69, 9.17) is 4.74 Å². The van der Waals surface area contributed by atoms with E-state index in [1.807, 2.05) is 0 Å². The van der Waals surface area contributed by atoms with Crippen LogP contribution in [0.5, 0.6) is 5.75 Å². The summed E-state index contributed by atoms with van der Waals surface area (Å²) in [7, 11) is 1.36. The molecule has 0 heterocycles. The van der Waals surface area contributed by atoms with Gasteiger partial charge < -0.3 is 4.74 Å². The second kappa shape index (κ2) is 5.98. The molecule has 0 saturated heterocycles. The van der Waals surface area contributed by atoms with Crippen LogP contribution in [0.25, 0.3) is 6.08 Å². The Morgan fingerprint density at radius 3 is 1.91 bits per heavy atom. The highest BCUT2D eigenvalue weighted by Gasteiger charge is 2.75. The maximum absolute atomic E-state index is 13.0. The van der Waals surface area contributed by atoms with Crippen LogP contribution in [0.3, 0.4) is 0 Å². The molecule has 0 aliphatic carbocycles. The fraction of sp³-hybridized carbons (Fsp3) is 0.308. The maximum Gasteiger partial charge on any atom is 0.460 e. The smallest absolute Gasteiger partial charge is 0.460 e. The van der Waals surface area contributed by atoms with Crippen molar-refractivity contribution in [1.29, 1.82) is 0 Å². The number of hydrogen-bond donors (Lipinski definition) is 0. The molecule has 0 aromatic heterocycles. The minimum Gasteiger partial charge on any atom is -0.497 e. The highest BCUT2D eigenvalue weighted by atomic mass is 19.4. The van der Waals surface area contributed by atoms with Gasteiger partial charge in [-0.25, -0.2) is 0 Å². The second-order valence-electron chi connectivity index (χ2n) is 4.12. The summed E-state index contributed by atoms with van der Waals surface area (Å²) in [4.78, 5) is 11.0. The topological polar surface area (TPSA) is 26.3 Å². The van der Waals surface area contributed by atoms with Crippen molar-refractivity contribution in [3.63, 3.8) is 0 Å². The third-order valence-corrected chi connectivity index (χ3v) is 2.60.